The summed E-state index contributed by atoms with van der Waals surface area (Å²) in [6.45, 7) is 0.418. The molecule has 114 valence electrons. The Morgan fingerprint density at radius 2 is 1.95 bits per heavy atom. The normalized spacial score (nSPS) is 17.6. The van der Waals surface area contributed by atoms with Crippen molar-refractivity contribution in [1.82, 2.24) is 9.38 Å². The summed E-state index contributed by atoms with van der Waals surface area (Å²) < 4.78 is 39.9. The summed E-state index contributed by atoms with van der Waals surface area (Å²) in [7, 11) is 0. The van der Waals surface area contributed by atoms with Gasteiger partial charge in [-0.2, -0.15) is 13.2 Å². The first-order valence-corrected chi connectivity index (χ1v) is 6.89. The molecule has 3 rings (SSSR count). The number of hydrogen-bond acceptors (Lipinski definition) is 3. The van der Waals surface area contributed by atoms with E-state index in [2.05, 4.69) is 4.98 Å². The molecule has 0 atom stereocenters. The van der Waals surface area contributed by atoms with E-state index in [4.69, 9.17) is 0 Å². The van der Waals surface area contributed by atoms with Gasteiger partial charge in [0.25, 0.3) is 0 Å². The third-order valence-electron chi connectivity index (χ3n) is 4.01. The van der Waals surface area contributed by atoms with Crippen molar-refractivity contribution in [2.45, 2.75) is 25.6 Å². The first-order chi connectivity index (χ1) is 10.0. The van der Waals surface area contributed by atoms with Crippen molar-refractivity contribution in [1.29, 1.82) is 0 Å². The summed E-state index contributed by atoms with van der Waals surface area (Å²) in [5, 5.41) is 9.55. The highest BCUT2D eigenvalue weighted by atomic mass is 19.4. The fourth-order valence-electron chi connectivity index (χ4n) is 2.85. The summed E-state index contributed by atoms with van der Waals surface area (Å²) in [6.07, 6.45) is -2.19. The predicted molar refractivity (Wildman–Crippen MR) is 72.1 cm³/mol. The number of nitrogens with zero attached hydrogens (tertiary/aromatic N) is 3. The number of piperidine rings is 1. The summed E-state index contributed by atoms with van der Waals surface area (Å²) >= 11 is 0. The van der Waals surface area contributed by atoms with Gasteiger partial charge in [0.1, 0.15) is 5.65 Å². The van der Waals surface area contributed by atoms with Crippen molar-refractivity contribution in [2.24, 2.45) is 5.92 Å². The summed E-state index contributed by atoms with van der Waals surface area (Å²) in [4.78, 5) is 6.28. The molecule has 0 aromatic carbocycles. The SMILES string of the molecule is OCc1c(N2CCC(C(F)(F)F)CC2)nc2ccccn12. The third kappa shape index (κ3) is 2.57. The number of aliphatic hydroxyl groups is 1. The van der Waals surface area contributed by atoms with Gasteiger partial charge in [-0.05, 0) is 25.0 Å². The second-order valence-electron chi connectivity index (χ2n) is 5.27. The van der Waals surface area contributed by atoms with E-state index in [0.29, 0.717) is 30.2 Å². The molecule has 0 aliphatic carbocycles. The van der Waals surface area contributed by atoms with E-state index < -0.39 is 12.1 Å². The first-order valence-electron chi connectivity index (χ1n) is 6.89. The predicted octanol–water partition coefficient (Wildman–Crippen LogP) is 2.61. The monoisotopic (exact) mass is 299 g/mol. The minimum absolute atomic E-state index is 0.0717. The van der Waals surface area contributed by atoms with Crippen LogP contribution in [0.2, 0.25) is 0 Å². The number of rotatable bonds is 2. The highest BCUT2D eigenvalue weighted by Gasteiger charge is 2.41. The Hall–Kier alpha value is -1.76. The molecule has 1 aliphatic rings. The first kappa shape index (κ1) is 14.2. The number of alkyl halides is 3. The van der Waals surface area contributed by atoms with E-state index in [1.165, 1.54) is 0 Å². The summed E-state index contributed by atoms with van der Waals surface area (Å²) in [6, 6.07) is 5.47. The van der Waals surface area contributed by atoms with Crippen LogP contribution in [0.3, 0.4) is 0 Å². The zero-order valence-electron chi connectivity index (χ0n) is 11.3. The van der Waals surface area contributed by atoms with Gasteiger partial charge in [-0.3, -0.25) is 4.40 Å². The quantitative estimate of drug-likeness (QED) is 0.926. The smallest absolute Gasteiger partial charge is 0.390 e. The Kier molecular flexibility index (Phi) is 3.52. The van der Waals surface area contributed by atoms with E-state index in [1.54, 1.807) is 10.6 Å². The van der Waals surface area contributed by atoms with E-state index in [9.17, 15) is 18.3 Å². The maximum atomic E-state index is 12.7. The van der Waals surface area contributed by atoms with Crippen molar-refractivity contribution in [3.05, 3.63) is 30.1 Å². The number of aliphatic hydroxyl groups excluding tert-OH is 1. The zero-order chi connectivity index (χ0) is 15.0. The molecule has 0 radical (unpaired) electrons. The largest absolute Gasteiger partial charge is 0.391 e. The van der Waals surface area contributed by atoms with Crippen molar-refractivity contribution in [3.63, 3.8) is 0 Å². The van der Waals surface area contributed by atoms with Crippen LogP contribution < -0.4 is 4.90 Å². The Morgan fingerprint density at radius 3 is 2.57 bits per heavy atom. The summed E-state index contributed by atoms with van der Waals surface area (Å²) in [5.41, 5.74) is 1.31. The molecule has 0 saturated carbocycles. The van der Waals surface area contributed by atoms with Crippen molar-refractivity contribution >= 4 is 11.5 Å². The fourth-order valence-corrected chi connectivity index (χ4v) is 2.85. The Balaban J connectivity index is 1.85. The van der Waals surface area contributed by atoms with E-state index in [1.807, 2.05) is 23.1 Å². The molecule has 0 amide bonds. The molecule has 21 heavy (non-hydrogen) atoms. The molecular weight excluding hydrogens is 283 g/mol. The lowest BCUT2D eigenvalue weighted by Gasteiger charge is -2.33. The van der Waals surface area contributed by atoms with Gasteiger partial charge >= 0.3 is 6.18 Å². The molecular formula is C14H16F3N3O. The van der Waals surface area contributed by atoms with E-state index >= 15 is 0 Å². The van der Waals surface area contributed by atoms with Gasteiger partial charge in [0.2, 0.25) is 0 Å². The van der Waals surface area contributed by atoms with Crippen LogP contribution in [0.15, 0.2) is 24.4 Å². The lowest BCUT2D eigenvalue weighted by atomic mass is 9.96. The van der Waals surface area contributed by atoms with Crippen LogP contribution in [0.1, 0.15) is 18.5 Å². The van der Waals surface area contributed by atoms with Gasteiger partial charge in [-0.25, -0.2) is 4.98 Å². The van der Waals surface area contributed by atoms with Crippen molar-refractivity contribution in [2.75, 3.05) is 18.0 Å². The molecule has 1 aliphatic heterocycles. The molecule has 1 saturated heterocycles. The number of fused-ring (bicyclic) bond motifs is 1. The Labute approximate surface area is 119 Å². The van der Waals surface area contributed by atoms with Gasteiger partial charge in [0, 0.05) is 19.3 Å². The van der Waals surface area contributed by atoms with Gasteiger partial charge in [-0.1, -0.05) is 6.07 Å². The number of anilines is 1. The van der Waals surface area contributed by atoms with Crippen LogP contribution in [0, 0.1) is 5.92 Å². The van der Waals surface area contributed by atoms with Gasteiger partial charge in [0.15, 0.2) is 5.82 Å². The van der Waals surface area contributed by atoms with Crippen LogP contribution in [0.4, 0.5) is 19.0 Å². The number of aromatic nitrogens is 2. The average Bonchev–Trinajstić information content (AvgIpc) is 2.85. The Bertz CT molecular complexity index is 630. The maximum Gasteiger partial charge on any atom is 0.391 e. The lowest BCUT2D eigenvalue weighted by molar-refractivity contribution is -0.179. The second-order valence-corrected chi connectivity index (χ2v) is 5.27. The van der Waals surface area contributed by atoms with Crippen molar-refractivity contribution < 1.29 is 18.3 Å². The number of imidazole rings is 1. The van der Waals surface area contributed by atoms with Gasteiger partial charge in [0.05, 0.1) is 18.2 Å². The molecule has 2 aromatic rings. The Morgan fingerprint density at radius 1 is 1.24 bits per heavy atom. The van der Waals surface area contributed by atoms with Crippen LogP contribution in [-0.4, -0.2) is 33.8 Å². The summed E-state index contributed by atoms with van der Waals surface area (Å²) in [5.74, 6) is -0.646. The second kappa shape index (κ2) is 5.22. The van der Waals surface area contributed by atoms with E-state index in [0.717, 1.165) is 0 Å². The lowest BCUT2D eigenvalue weighted by Crippen LogP contribution is -2.39. The number of halogens is 3. The van der Waals surface area contributed by atoms with E-state index in [-0.39, 0.29) is 19.4 Å². The molecule has 1 N–H and O–H groups in total. The molecule has 3 heterocycles. The molecule has 4 nitrogen and oxygen atoms in total. The minimum Gasteiger partial charge on any atom is -0.390 e. The molecule has 7 heteroatoms. The highest BCUT2D eigenvalue weighted by Crippen LogP contribution is 2.36. The standard InChI is InChI=1S/C14H16F3N3O/c15-14(16,17)10-4-7-19(8-5-10)13-11(9-21)20-6-2-1-3-12(20)18-13/h1-3,6,10,21H,4-5,7-9H2. The third-order valence-corrected chi connectivity index (χ3v) is 4.01. The number of hydrogen-bond donors (Lipinski definition) is 1. The van der Waals surface area contributed by atoms with Crippen LogP contribution in [0.5, 0.6) is 0 Å². The van der Waals surface area contributed by atoms with Crippen molar-refractivity contribution in [3.8, 4) is 0 Å². The average molecular weight is 299 g/mol. The fraction of sp³-hybridized carbons (Fsp3) is 0.500. The maximum absolute atomic E-state index is 12.7. The molecule has 0 spiro atoms. The van der Waals surface area contributed by atoms with Crippen LogP contribution >= 0.6 is 0 Å². The molecule has 0 bridgehead atoms. The molecule has 2 aromatic heterocycles. The highest BCUT2D eigenvalue weighted by molar-refractivity contribution is 5.56. The van der Waals surface area contributed by atoms with Crippen LogP contribution in [0.25, 0.3) is 5.65 Å². The topological polar surface area (TPSA) is 40.8 Å². The minimum atomic E-state index is -4.12. The van der Waals surface area contributed by atoms with Gasteiger partial charge < -0.3 is 10.0 Å². The zero-order valence-corrected chi connectivity index (χ0v) is 11.3. The number of pyridine rings is 1. The van der Waals surface area contributed by atoms with Crippen LogP contribution in [-0.2, 0) is 6.61 Å². The molecule has 0 unspecified atom stereocenters. The molecule has 1 fully saturated rings. The van der Waals surface area contributed by atoms with Gasteiger partial charge in [-0.15, -0.1) is 0 Å².